The number of anilines is 1. The second-order valence-corrected chi connectivity index (χ2v) is 5.46. The second kappa shape index (κ2) is 5.21. The number of thiazole rings is 1. The molecule has 0 spiro atoms. The first-order chi connectivity index (χ1) is 10.1. The van der Waals surface area contributed by atoms with Crippen LogP contribution < -0.4 is 4.90 Å². The van der Waals surface area contributed by atoms with Crippen molar-refractivity contribution < 1.29 is 13.6 Å². The first-order valence-corrected chi connectivity index (χ1v) is 6.96. The van der Waals surface area contributed by atoms with Crippen LogP contribution in [0.1, 0.15) is 10.4 Å². The van der Waals surface area contributed by atoms with Crippen LogP contribution in [0.5, 0.6) is 0 Å². The fourth-order valence-electron chi connectivity index (χ4n) is 1.93. The zero-order valence-corrected chi connectivity index (χ0v) is 11.8. The van der Waals surface area contributed by atoms with Crippen LogP contribution in [0.2, 0.25) is 0 Å². The third kappa shape index (κ3) is 2.50. The summed E-state index contributed by atoms with van der Waals surface area (Å²) < 4.78 is 27.5. The van der Waals surface area contributed by atoms with Gasteiger partial charge in [0.15, 0.2) is 5.13 Å². The van der Waals surface area contributed by atoms with Gasteiger partial charge >= 0.3 is 0 Å². The number of nitrogens with zero attached hydrogens (tertiary/aromatic N) is 2. The van der Waals surface area contributed by atoms with Gasteiger partial charge in [0.25, 0.3) is 5.91 Å². The van der Waals surface area contributed by atoms with Crippen molar-refractivity contribution in [1.82, 2.24) is 4.98 Å². The quantitative estimate of drug-likeness (QED) is 0.720. The third-order valence-corrected chi connectivity index (χ3v) is 4.15. The Kier molecular flexibility index (Phi) is 3.39. The minimum absolute atomic E-state index is 0.182. The molecule has 0 fully saturated rings. The molecule has 0 radical (unpaired) electrons. The molecule has 1 amide bonds. The summed E-state index contributed by atoms with van der Waals surface area (Å²) in [6, 6.07) is 10.4. The van der Waals surface area contributed by atoms with Crippen molar-refractivity contribution >= 4 is 32.6 Å². The molecule has 2 aromatic carbocycles. The van der Waals surface area contributed by atoms with Crippen LogP contribution in [0, 0.1) is 11.6 Å². The number of carbonyl (C=O) groups excluding carboxylic acids is 1. The highest BCUT2D eigenvalue weighted by atomic mass is 32.1. The van der Waals surface area contributed by atoms with Crippen molar-refractivity contribution in [2.24, 2.45) is 0 Å². The summed E-state index contributed by atoms with van der Waals surface area (Å²) in [7, 11) is 1.52. The summed E-state index contributed by atoms with van der Waals surface area (Å²) in [5, 5.41) is 0.463. The minimum Gasteiger partial charge on any atom is -0.287 e. The van der Waals surface area contributed by atoms with Crippen molar-refractivity contribution in [3.63, 3.8) is 0 Å². The number of rotatable bonds is 2. The maximum absolute atomic E-state index is 13.7. The predicted octanol–water partition coefficient (Wildman–Crippen LogP) is 3.85. The lowest BCUT2D eigenvalue weighted by molar-refractivity contribution is 0.0989. The van der Waals surface area contributed by atoms with E-state index in [1.54, 1.807) is 0 Å². The SMILES string of the molecule is CN(C(=O)c1ccc(F)cc1F)c1nc2ccccc2s1. The number of fused-ring (bicyclic) bond motifs is 1. The number of aromatic nitrogens is 1. The lowest BCUT2D eigenvalue weighted by Crippen LogP contribution is -2.27. The lowest BCUT2D eigenvalue weighted by atomic mass is 10.2. The number of hydrogen-bond acceptors (Lipinski definition) is 3. The molecule has 0 saturated heterocycles. The van der Waals surface area contributed by atoms with Crippen LogP contribution in [0.3, 0.4) is 0 Å². The molecule has 0 unspecified atom stereocenters. The van der Waals surface area contributed by atoms with E-state index in [1.165, 1.54) is 23.3 Å². The zero-order valence-electron chi connectivity index (χ0n) is 11.0. The number of amides is 1. The maximum Gasteiger partial charge on any atom is 0.262 e. The van der Waals surface area contributed by atoms with E-state index in [0.29, 0.717) is 11.2 Å². The molecule has 0 saturated carbocycles. The van der Waals surface area contributed by atoms with E-state index in [0.717, 1.165) is 22.3 Å². The van der Waals surface area contributed by atoms with Gasteiger partial charge in [0.2, 0.25) is 0 Å². The summed E-state index contributed by atoms with van der Waals surface area (Å²) in [6.45, 7) is 0. The molecule has 1 heterocycles. The largest absolute Gasteiger partial charge is 0.287 e. The summed E-state index contributed by atoms with van der Waals surface area (Å²) >= 11 is 1.33. The van der Waals surface area contributed by atoms with E-state index in [9.17, 15) is 13.6 Å². The average molecular weight is 304 g/mol. The van der Waals surface area contributed by atoms with Crippen LogP contribution in [-0.2, 0) is 0 Å². The van der Waals surface area contributed by atoms with E-state index in [-0.39, 0.29) is 5.56 Å². The van der Waals surface area contributed by atoms with Crippen molar-refractivity contribution in [2.45, 2.75) is 0 Å². The molecule has 1 aromatic heterocycles. The first-order valence-electron chi connectivity index (χ1n) is 6.15. The number of carbonyl (C=O) groups is 1. The summed E-state index contributed by atoms with van der Waals surface area (Å²) in [5.41, 5.74) is 0.592. The van der Waals surface area contributed by atoms with Gasteiger partial charge in [-0.05, 0) is 24.3 Å². The molecule has 0 aliphatic rings. The van der Waals surface area contributed by atoms with Gasteiger partial charge in [-0.2, -0.15) is 0 Å². The van der Waals surface area contributed by atoms with Crippen molar-refractivity contribution in [3.05, 3.63) is 59.7 Å². The molecule has 0 N–H and O–H groups in total. The Balaban J connectivity index is 1.97. The normalized spacial score (nSPS) is 10.8. The van der Waals surface area contributed by atoms with E-state index < -0.39 is 17.5 Å². The Hall–Kier alpha value is -2.34. The van der Waals surface area contributed by atoms with Gasteiger partial charge in [0.05, 0.1) is 15.8 Å². The van der Waals surface area contributed by atoms with Gasteiger partial charge < -0.3 is 0 Å². The Bertz CT molecular complexity index is 798. The molecule has 0 aliphatic heterocycles. The molecular weight excluding hydrogens is 294 g/mol. The molecule has 6 heteroatoms. The molecule has 0 bridgehead atoms. The topological polar surface area (TPSA) is 33.2 Å². The van der Waals surface area contributed by atoms with E-state index in [2.05, 4.69) is 4.98 Å². The zero-order chi connectivity index (χ0) is 15.0. The maximum atomic E-state index is 13.7. The third-order valence-electron chi connectivity index (χ3n) is 3.04. The molecule has 0 atom stereocenters. The van der Waals surface area contributed by atoms with Gasteiger partial charge in [0, 0.05) is 13.1 Å². The van der Waals surface area contributed by atoms with Gasteiger partial charge in [-0.15, -0.1) is 0 Å². The van der Waals surface area contributed by atoms with E-state index in [1.807, 2.05) is 24.3 Å². The van der Waals surface area contributed by atoms with Crippen molar-refractivity contribution in [2.75, 3.05) is 11.9 Å². The number of halogens is 2. The Morgan fingerprint density at radius 3 is 2.67 bits per heavy atom. The summed E-state index contributed by atoms with van der Waals surface area (Å²) in [5.74, 6) is -2.16. The number of para-hydroxylation sites is 1. The van der Waals surface area contributed by atoms with Crippen LogP contribution in [0.15, 0.2) is 42.5 Å². The van der Waals surface area contributed by atoms with Gasteiger partial charge in [-0.25, -0.2) is 13.8 Å². The number of hydrogen-bond donors (Lipinski definition) is 0. The summed E-state index contributed by atoms with van der Waals surface area (Å²) in [6.07, 6.45) is 0. The van der Waals surface area contributed by atoms with Gasteiger partial charge in [0.1, 0.15) is 11.6 Å². The molecule has 3 rings (SSSR count). The predicted molar refractivity (Wildman–Crippen MR) is 78.7 cm³/mol. The summed E-state index contributed by atoms with van der Waals surface area (Å²) in [4.78, 5) is 17.9. The van der Waals surface area contributed by atoms with Gasteiger partial charge in [-0.1, -0.05) is 23.5 Å². The molecular formula is C15H10F2N2OS. The minimum atomic E-state index is -0.882. The standard InChI is InChI=1S/C15H10F2N2OS/c1-19(14(20)10-7-6-9(16)8-11(10)17)15-18-12-4-2-3-5-13(12)21-15/h2-8H,1H3. The average Bonchev–Trinajstić information content (AvgIpc) is 2.89. The Morgan fingerprint density at radius 1 is 1.19 bits per heavy atom. The number of benzene rings is 2. The van der Waals surface area contributed by atoms with Crippen molar-refractivity contribution in [3.8, 4) is 0 Å². The van der Waals surface area contributed by atoms with Crippen LogP contribution in [0.4, 0.5) is 13.9 Å². The molecule has 0 aliphatic carbocycles. The molecule has 3 nitrogen and oxygen atoms in total. The smallest absolute Gasteiger partial charge is 0.262 e. The first kappa shape index (κ1) is 13.6. The molecule has 3 aromatic rings. The fraction of sp³-hybridized carbons (Fsp3) is 0.0667. The highest BCUT2D eigenvalue weighted by molar-refractivity contribution is 7.22. The molecule has 21 heavy (non-hydrogen) atoms. The van der Waals surface area contributed by atoms with E-state index >= 15 is 0 Å². The highest BCUT2D eigenvalue weighted by Crippen LogP contribution is 2.28. The Morgan fingerprint density at radius 2 is 1.95 bits per heavy atom. The Labute approximate surface area is 123 Å². The van der Waals surface area contributed by atoms with Gasteiger partial charge in [-0.3, -0.25) is 9.69 Å². The second-order valence-electron chi connectivity index (χ2n) is 4.45. The van der Waals surface area contributed by atoms with E-state index in [4.69, 9.17) is 0 Å². The lowest BCUT2D eigenvalue weighted by Gasteiger charge is -2.14. The monoisotopic (exact) mass is 304 g/mol. The molecule has 106 valence electrons. The highest BCUT2D eigenvalue weighted by Gasteiger charge is 2.20. The van der Waals surface area contributed by atoms with Crippen LogP contribution in [-0.4, -0.2) is 17.9 Å². The fourth-order valence-corrected chi connectivity index (χ4v) is 2.86. The van der Waals surface area contributed by atoms with Crippen LogP contribution >= 0.6 is 11.3 Å². The van der Waals surface area contributed by atoms with Crippen LogP contribution in [0.25, 0.3) is 10.2 Å². The van der Waals surface area contributed by atoms with Crippen molar-refractivity contribution in [1.29, 1.82) is 0 Å².